The highest BCUT2D eigenvalue weighted by Crippen LogP contribution is 2.23. The predicted molar refractivity (Wildman–Crippen MR) is 110 cm³/mol. The quantitative estimate of drug-likeness (QED) is 0.695. The van der Waals surface area contributed by atoms with Gasteiger partial charge in [0.2, 0.25) is 0 Å². The van der Waals surface area contributed by atoms with Gasteiger partial charge in [-0.15, -0.1) is 0 Å². The smallest absolute Gasteiger partial charge is 0.270 e. The maximum Gasteiger partial charge on any atom is 0.270 e. The SMILES string of the molecule is O=C(NCc1ccccc1CN1CCC(O)C1)c1cc(Cl)c2ccccc2n1. The molecule has 1 unspecified atom stereocenters. The van der Waals surface area contributed by atoms with Crippen molar-refractivity contribution in [3.63, 3.8) is 0 Å². The Morgan fingerprint density at radius 1 is 1.18 bits per heavy atom. The Balaban J connectivity index is 1.47. The third-order valence-electron chi connectivity index (χ3n) is 5.10. The summed E-state index contributed by atoms with van der Waals surface area (Å²) in [6.07, 6.45) is 0.573. The van der Waals surface area contributed by atoms with Gasteiger partial charge in [0.05, 0.1) is 16.6 Å². The normalized spacial score (nSPS) is 17.1. The van der Waals surface area contributed by atoms with E-state index in [1.54, 1.807) is 6.07 Å². The summed E-state index contributed by atoms with van der Waals surface area (Å²) in [4.78, 5) is 19.3. The molecule has 5 nitrogen and oxygen atoms in total. The van der Waals surface area contributed by atoms with Crippen LogP contribution in [0.25, 0.3) is 10.9 Å². The lowest BCUT2D eigenvalue weighted by Gasteiger charge is -2.18. The molecule has 0 spiro atoms. The summed E-state index contributed by atoms with van der Waals surface area (Å²) in [6, 6.07) is 17.2. The van der Waals surface area contributed by atoms with Gasteiger partial charge >= 0.3 is 0 Å². The number of β-amino-alcohol motifs (C(OH)–C–C–N with tert-alkyl or cyclic N) is 1. The standard InChI is InChI=1S/C22H22ClN3O2/c23-19-11-21(25-20-8-4-3-7-18(19)20)22(28)24-12-15-5-1-2-6-16(15)13-26-10-9-17(27)14-26/h1-8,11,17,27H,9-10,12-14H2,(H,24,28). The van der Waals surface area contributed by atoms with Crippen molar-refractivity contribution in [3.8, 4) is 0 Å². The molecule has 2 heterocycles. The molecule has 1 aliphatic heterocycles. The minimum Gasteiger partial charge on any atom is -0.392 e. The first kappa shape index (κ1) is 18.9. The Kier molecular flexibility index (Phi) is 5.57. The van der Waals surface area contributed by atoms with Crippen LogP contribution >= 0.6 is 11.6 Å². The van der Waals surface area contributed by atoms with Crippen LogP contribution in [0.1, 0.15) is 28.0 Å². The summed E-state index contributed by atoms with van der Waals surface area (Å²) in [5, 5.41) is 14.0. The molecule has 3 aromatic rings. The molecule has 0 aliphatic carbocycles. The highest BCUT2D eigenvalue weighted by molar-refractivity contribution is 6.35. The zero-order valence-corrected chi connectivity index (χ0v) is 16.2. The number of hydrogen-bond donors (Lipinski definition) is 2. The second kappa shape index (κ2) is 8.27. The zero-order chi connectivity index (χ0) is 19.5. The average molecular weight is 396 g/mol. The van der Waals surface area contributed by atoms with Crippen LogP contribution in [-0.4, -0.2) is 40.1 Å². The first-order chi connectivity index (χ1) is 13.6. The molecule has 1 saturated heterocycles. The number of carbonyl (C=O) groups is 1. The van der Waals surface area contributed by atoms with Crippen molar-refractivity contribution < 1.29 is 9.90 Å². The Bertz CT molecular complexity index is 1010. The number of aliphatic hydroxyl groups is 1. The lowest BCUT2D eigenvalue weighted by atomic mass is 10.1. The van der Waals surface area contributed by atoms with E-state index in [1.165, 1.54) is 0 Å². The molecule has 4 rings (SSSR count). The van der Waals surface area contributed by atoms with Gasteiger partial charge in [-0.25, -0.2) is 4.98 Å². The molecule has 1 aromatic heterocycles. The van der Waals surface area contributed by atoms with Gasteiger partial charge in [-0.1, -0.05) is 54.1 Å². The van der Waals surface area contributed by atoms with Crippen LogP contribution in [0.4, 0.5) is 0 Å². The van der Waals surface area contributed by atoms with Gasteiger partial charge in [0, 0.05) is 31.6 Å². The van der Waals surface area contributed by atoms with E-state index in [0.717, 1.165) is 36.0 Å². The fourth-order valence-electron chi connectivity index (χ4n) is 3.60. The van der Waals surface area contributed by atoms with Crippen LogP contribution in [-0.2, 0) is 13.1 Å². The summed E-state index contributed by atoms with van der Waals surface area (Å²) in [5.74, 6) is -0.251. The minimum atomic E-state index is -0.251. The second-order valence-electron chi connectivity index (χ2n) is 7.14. The maximum absolute atomic E-state index is 12.6. The van der Waals surface area contributed by atoms with Crippen LogP contribution in [0.5, 0.6) is 0 Å². The van der Waals surface area contributed by atoms with Gasteiger partial charge < -0.3 is 10.4 Å². The third kappa shape index (κ3) is 4.17. The van der Waals surface area contributed by atoms with Crippen LogP contribution in [0, 0.1) is 0 Å². The van der Waals surface area contributed by atoms with Crippen LogP contribution < -0.4 is 5.32 Å². The number of nitrogens with zero attached hydrogens (tertiary/aromatic N) is 2. The molecule has 2 aromatic carbocycles. The van der Waals surface area contributed by atoms with Crippen molar-refractivity contribution in [1.82, 2.24) is 15.2 Å². The van der Waals surface area contributed by atoms with Crippen LogP contribution in [0.15, 0.2) is 54.6 Å². The molecule has 1 aliphatic rings. The Morgan fingerprint density at radius 2 is 1.93 bits per heavy atom. The highest BCUT2D eigenvalue weighted by Gasteiger charge is 2.21. The molecule has 2 N–H and O–H groups in total. The molecule has 1 amide bonds. The van der Waals surface area contributed by atoms with Crippen molar-refractivity contribution in [2.24, 2.45) is 0 Å². The molecule has 0 saturated carbocycles. The molecule has 0 bridgehead atoms. The fraction of sp³-hybridized carbons (Fsp3) is 0.273. The van der Waals surface area contributed by atoms with E-state index in [0.29, 0.717) is 29.3 Å². The molecule has 6 heteroatoms. The number of carbonyl (C=O) groups excluding carboxylic acids is 1. The number of aromatic nitrogens is 1. The van der Waals surface area contributed by atoms with E-state index in [9.17, 15) is 9.90 Å². The van der Waals surface area contributed by atoms with E-state index in [1.807, 2.05) is 42.5 Å². The third-order valence-corrected chi connectivity index (χ3v) is 5.41. The van der Waals surface area contributed by atoms with Crippen LogP contribution in [0.2, 0.25) is 5.02 Å². The van der Waals surface area contributed by atoms with E-state index in [4.69, 9.17) is 11.6 Å². The van der Waals surface area contributed by atoms with E-state index in [2.05, 4.69) is 21.3 Å². The van der Waals surface area contributed by atoms with Gasteiger partial charge in [-0.3, -0.25) is 9.69 Å². The molecule has 1 atom stereocenters. The maximum atomic E-state index is 12.6. The molecule has 28 heavy (non-hydrogen) atoms. The lowest BCUT2D eigenvalue weighted by molar-refractivity contribution is 0.0946. The molecular weight excluding hydrogens is 374 g/mol. The molecular formula is C22H22ClN3O2. The number of aliphatic hydroxyl groups excluding tert-OH is 1. The molecule has 0 radical (unpaired) electrons. The lowest BCUT2D eigenvalue weighted by Crippen LogP contribution is -2.26. The number of halogens is 1. The van der Waals surface area contributed by atoms with Crippen molar-refractivity contribution >= 4 is 28.4 Å². The first-order valence-corrected chi connectivity index (χ1v) is 9.78. The number of nitrogens with one attached hydrogen (secondary N) is 1. The Morgan fingerprint density at radius 3 is 2.71 bits per heavy atom. The molecule has 1 fully saturated rings. The summed E-state index contributed by atoms with van der Waals surface area (Å²) in [7, 11) is 0. The number of pyridine rings is 1. The number of para-hydroxylation sites is 1. The van der Waals surface area contributed by atoms with E-state index < -0.39 is 0 Å². The summed E-state index contributed by atoms with van der Waals surface area (Å²) >= 11 is 6.31. The monoisotopic (exact) mass is 395 g/mol. The number of likely N-dealkylation sites (tertiary alicyclic amines) is 1. The van der Waals surface area contributed by atoms with Crippen molar-refractivity contribution in [3.05, 3.63) is 76.4 Å². The fourth-order valence-corrected chi connectivity index (χ4v) is 3.86. The first-order valence-electron chi connectivity index (χ1n) is 9.41. The van der Waals surface area contributed by atoms with Gasteiger partial charge in [-0.2, -0.15) is 0 Å². The van der Waals surface area contributed by atoms with Gasteiger partial charge in [0.15, 0.2) is 0 Å². The summed E-state index contributed by atoms with van der Waals surface area (Å²) in [6.45, 7) is 2.77. The van der Waals surface area contributed by atoms with E-state index in [-0.39, 0.29) is 12.0 Å². The number of amides is 1. The van der Waals surface area contributed by atoms with Crippen LogP contribution in [0.3, 0.4) is 0 Å². The Labute approximate surface area is 169 Å². The minimum absolute atomic E-state index is 0.240. The largest absolute Gasteiger partial charge is 0.392 e. The summed E-state index contributed by atoms with van der Waals surface area (Å²) < 4.78 is 0. The van der Waals surface area contributed by atoms with Crippen molar-refractivity contribution in [1.29, 1.82) is 0 Å². The number of fused-ring (bicyclic) bond motifs is 1. The number of rotatable bonds is 5. The summed E-state index contributed by atoms with van der Waals surface area (Å²) in [5.41, 5.74) is 3.22. The van der Waals surface area contributed by atoms with Gasteiger partial charge in [0.1, 0.15) is 5.69 Å². The predicted octanol–water partition coefficient (Wildman–Crippen LogP) is 3.38. The average Bonchev–Trinajstić information content (AvgIpc) is 3.11. The zero-order valence-electron chi connectivity index (χ0n) is 15.4. The van der Waals surface area contributed by atoms with E-state index >= 15 is 0 Å². The topological polar surface area (TPSA) is 65.5 Å². The van der Waals surface area contributed by atoms with Gasteiger partial charge in [0.25, 0.3) is 5.91 Å². The van der Waals surface area contributed by atoms with Crippen molar-refractivity contribution in [2.75, 3.05) is 13.1 Å². The molecule has 144 valence electrons. The Hall–Kier alpha value is -2.47. The number of benzene rings is 2. The second-order valence-corrected chi connectivity index (χ2v) is 7.54. The highest BCUT2D eigenvalue weighted by atomic mass is 35.5. The number of hydrogen-bond acceptors (Lipinski definition) is 4. The van der Waals surface area contributed by atoms with Crippen molar-refractivity contribution in [2.45, 2.75) is 25.6 Å². The van der Waals surface area contributed by atoms with Gasteiger partial charge in [-0.05, 0) is 29.7 Å².